The summed E-state index contributed by atoms with van der Waals surface area (Å²) in [6, 6.07) is 10.9. The van der Waals surface area contributed by atoms with Gasteiger partial charge in [0.15, 0.2) is 0 Å². The zero-order valence-electron chi connectivity index (χ0n) is 11.0. The van der Waals surface area contributed by atoms with Gasteiger partial charge in [-0.05, 0) is 44.1 Å². The highest BCUT2D eigenvalue weighted by molar-refractivity contribution is 5.83. The quantitative estimate of drug-likeness (QED) is 0.781. The lowest BCUT2D eigenvalue weighted by molar-refractivity contribution is -0.135. The van der Waals surface area contributed by atoms with Gasteiger partial charge in [-0.1, -0.05) is 30.3 Å². The minimum absolute atomic E-state index is 0.257. The Kier molecular flexibility index (Phi) is 3.11. The summed E-state index contributed by atoms with van der Waals surface area (Å²) < 4.78 is 0. The molecular weight excluding hydrogens is 222 g/mol. The van der Waals surface area contributed by atoms with Crippen LogP contribution in [0.3, 0.4) is 0 Å². The maximum atomic E-state index is 12.5. The molecule has 0 aromatic heterocycles. The van der Waals surface area contributed by atoms with Gasteiger partial charge in [0.2, 0.25) is 5.91 Å². The molecule has 1 saturated heterocycles. The van der Waals surface area contributed by atoms with Crippen LogP contribution in [0.15, 0.2) is 30.3 Å². The molecule has 3 atom stereocenters. The van der Waals surface area contributed by atoms with E-state index in [4.69, 9.17) is 0 Å². The first-order chi connectivity index (χ1) is 8.77. The number of hydrogen-bond donors (Lipinski definition) is 0. The molecule has 3 rings (SSSR count). The van der Waals surface area contributed by atoms with E-state index in [-0.39, 0.29) is 5.92 Å². The zero-order valence-corrected chi connectivity index (χ0v) is 11.0. The van der Waals surface area contributed by atoms with Crippen molar-refractivity contribution >= 4 is 5.91 Å². The van der Waals surface area contributed by atoms with Gasteiger partial charge in [0, 0.05) is 18.5 Å². The second-order valence-electron chi connectivity index (χ2n) is 5.74. The normalized spacial score (nSPS) is 31.2. The first kappa shape index (κ1) is 11.8. The summed E-state index contributed by atoms with van der Waals surface area (Å²) in [7, 11) is 0. The van der Waals surface area contributed by atoms with E-state index in [1.807, 2.05) is 6.07 Å². The predicted molar refractivity (Wildman–Crippen MR) is 72.3 cm³/mol. The van der Waals surface area contributed by atoms with Crippen molar-refractivity contribution in [3.63, 3.8) is 0 Å². The van der Waals surface area contributed by atoms with Gasteiger partial charge in [-0.25, -0.2) is 0 Å². The van der Waals surface area contributed by atoms with Gasteiger partial charge >= 0.3 is 0 Å². The minimum Gasteiger partial charge on any atom is -0.340 e. The number of hydrogen-bond acceptors (Lipinski definition) is 1. The average Bonchev–Trinajstić information content (AvgIpc) is 3.20. The number of benzene rings is 1. The maximum absolute atomic E-state index is 12.5. The summed E-state index contributed by atoms with van der Waals surface area (Å²) in [5.41, 5.74) is 1.33. The highest BCUT2D eigenvalue weighted by Gasteiger charge is 2.46. The van der Waals surface area contributed by atoms with Gasteiger partial charge in [-0.3, -0.25) is 4.79 Å². The van der Waals surface area contributed by atoms with Crippen LogP contribution >= 0.6 is 0 Å². The summed E-state index contributed by atoms with van der Waals surface area (Å²) in [6.45, 7) is 3.16. The van der Waals surface area contributed by atoms with E-state index >= 15 is 0 Å². The number of piperidine rings is 1. The van der Waals surface area contributed by atoms with Crippen LogP contribution in [0.1, 0.15) is 44.1 Å². The summed E-state index contributed by atoms with van der Waals surface area (Å²) >= 11 is 0. The molecule has 18 heavy (non-hydrogen) atoms. The number of rotatable bonds is 2. The van der Waals surface area contributed by atoms with Crippen molar-refractivity contribution < 1.29 is 4.79 Å². The second kappa shape index (κ2) is 4.75. The van der Waals surface area contributed by atoms with Gasteiger partial charge in [-0.2, -0.15) is 0 Å². The molecule has 0 N–H and O–H groups in total. The van der Waals surface area contributed by atoms with Crippen LogP contribution in [-0.2, 0) is 4.79 Å². The Balaban J connectivity index is 1.65. The largest absolute Gasteiger partial charge is 0.340 e. The monoisotopic (exact) mass is 243 g/mol. The number of carbonyl (C=O) groups is 1. The number of amides is 1. The first-order valence-corrected chi connectivity index (χ1v) is 7.13. The highest BCUT2D eigenvalue weighted by atomic mass is 16.2. The summed E-state index contributed by atoms with van der Waals surface area (Å²) in [6.07, 6.45) is 4.68. The zero-order chi connectivity index (χ0) is 12.5. The van der Waals surface area contributed by atoms with Crippen LogP contribution in [0.5, 0.6) is 0 Å². The van der Waals surface area contributed by atoms with Gasteiger partial charge in [0.05, 0.1) is 0 Å². The van der Waals surface area contributed by atoms with Gasteiger partial charge in [-0.15, -0.1) is 0 Å². The smallest absolute Gasteiger partial charge is 0.226 e. The van der Waals surface area contributed by atoms with E-state index in [9.17, 15) is 4.79 Å². The van der Waals surface area contributed by atoms with Crippen LogP contribution < -0.4 is 0 Å². The molecule has 1 aromatic rings. The lowest BCUT2D eigenvalue weighted by Crippen LogP contribution is -2.43. The van der Waals surface area contributed by atoms with Crippen LogP contribution in [0, 0.1) is 5.92 Å². The van der Waals surface area contributed by atoms with Crippen molar-refractivity contribution in [2.75, 3.05) is 6.54 Å². The average molecular weight is 243 g/mol. The molecule has 1 saturated carbocycles. The Labute approximate surface area is 109 Å². The predicted octanol–water partition coefficient (Wildman–Crippen LogP) is 3.19. The lowest BCUT2D eigenvalue weighted by Gasteiger charge is -2.33. The van der Waals surface area contributed by atoms with E-state index in [1.54, 1.807) is 0 Å². The maximum Gasteiger partial charge on any atom is 0.226 e. The molecule has 2 aliphatic rings. The van der Waals surface area contributed by atoms with Crippen molar-refractivity contribution in [3.05, 3.63) is 35.9 Å². The Morgan fingerprint density at radius 3 is 2.72 bits per heavy atom. The van der Waals surface area contributed by atoms with Crippen molar-refractivity contribution in [2.45, 2.75) is 44.6 Å². The third kappa shape index (κ3) is 2.16. The Bertz CT molecular complexity index is 428. The highest BCUT2D eigenvalue weighted by Crippen LogP contribution is 2.48. The van der Waals surface area contributed by atoms with Crippen LogP contribution in [0.25, 0.3) is 0 Å². The SMILES string of the molecule is C[C@@H]1CCCCN1C(=O)[C@@H]1C[C@H]1c1ccccc1. The topological polar surface area (TPSA) is 20.3 Å². The van der Waals surface area contributed by atoms with E-state index in [1.165, 1.54) is 24.8 Å². The summed E-state index contributed by atoms with van der Waals surface area (Å²) in [5.74, 6) is 1.14. The fourth-order valence-corrected chi connectivity index (χ4v) is 3.18. The third-order valence-corrected chi connectivity index (χ3v) is 4.42. The summed E-state index contributed by atoms with van der Waals surface area (Å²) in [5, 5.41) is 0. The molecule has 1 amide bonds. The molecule has 2 heteroatoms. The molecular formula is C16H21NO. The first-order valence-electron chi connectivity index (χ1n) is 7.13. The third-order valence-electron chi connectivity index (χ3n) is 4.42. The van der Waals surface area contributed by atoms with Gasteiger partial charge in [0.25, 0.3) is 0 Å². The van der Waals surface area contributed by atoms with E-state index in [0.717, 1.165) is 13.0 Å². The number of carbonyl (C=O) groups excluding carboxylic acids is 1. The molecule has 0 unspecified atom stereocenters. The molecule has 1 heterocycles. The lowest BCUT2D eigenvalue weighted by atomic mass is 10.0. The van der Waals surface area contributed by atoms with Crippen molar-refractivity contribution in [3.8, 4) is 0 Å². The molecule has 1 aliphatic carbocycles. The molecule has 1 aliphatic heterocycles. The molecule has 0 bridgehead atoms. The molecule has 96 valence electrons. The van der Waals surface area contributed by atoms with E-state index in [0.29, 0.717) is 17.9 Å². The standard InChI is InChI=1S/C16H21NO/c1-12-7-5-6-10-17(12)16(18)15-11-14(15)13-8-3-2-4-9-13/h2-4,8-9,12,14-15H,5-7,10-11H2,1H3/t12-,14+,15-/m1/s1. The minimum atomic E-state index is 0.257. The molecule has 0 radical (unpaired) electrons. The number of nitrogens with zero attached hydrogens (tertiary/aromatic N) is 1. The Morgan fingerprint density at radius 2 is 2.00 bits per heavy atom. The fraction of sp³-hybridized carbons (Fsp3) is 0.562. The molecule has 2 fully saturated rings. The molecule has 1 aromatic carbocycles. The Hall–Kier alpha value is -1.31. The summed E-state index contributed by atoms with van der Waals surface area (Å²) in [4.78, 5) is 14.6. The van der Waals surface area contributed by atoms with Crippen molar-refractivity contribution in [2.24, 2.45) is 5.92 Å². The molecule has 0 spiro atoms. The van der Waals surface area contributed by atoms with Gasteiger partial charge in [0.1, 0.15) is 0 Å². The molecule has 2 nitrogen and oxygen atoms in total. The number of likely N-dealkylation sites (tertiary alicyclic amines) is 1. The van der Waals surface area contributed by atoms with E-state index in [2.05, 4.69) is 36.1 Å². The fourth-order valence-electron chi connectivity index (χ4n) is 3.18. The van der Waals surface area contributed by atoms with E-state index < -0.39 is 0 Å². The Morgan fingerprint density at radius 1 is 1.22 bits per heavy atom. The van der Waals surface area contributed by atoms with Crippen LogP contribution in [0.2, 0.25) is 0 Å². The van der Waals surface area contributed by atoms with Crippen LogP contribution in [0.4, 0.5) is 0 Å². The van der Waals surface area contributed by atoms with Crippen LogP contribution in [-0.4, -0.2) is 23.4 Å². The van der Waals surface area contributed by atoms with Crippen molar-refractivity contribution in [1.82, 2.24) is 4.90 Å². The second-order valence-corrected chi connectivity index (χ2v) is 5.74. The van der Waals surface area contributed by atoms with Gasteiger partial charge < -0.3 is 4.90 Å². The van der Waals surface area contributed by atoms with Crippen molar-refractivity contribution in [1.29, 1.82) is 0 Å².